The first-order valence-electron chi connectivity index (χ1n) is 7.54. The Morgan fingerprint density at radius 3 is 1.75 bits per heavy atom. The van der Waals surface area contributed by atoms with Gasteiger partial charge in [0.25, 0.3) is 0 Å². The molecule has 3 aromatic carbocycles. The van der Waals surface area contributed by atoms with Gasteiger partial charge in [-0.25, -0.2) is 4.79 Å². The largest absolute Gasteiger partial charge is 0.478 e. The van der Waals surface area contributed by atoms with Gasteiger partial charge >= 0.3 is 5.97 Å². The maximum atomic E-state index is 11.7. The van der Waals surface area contributed by atoms with Gasteiger partial charge in [0.1, 0.15) is 17.1 Å². The van der Waals surface area contributed by atoms with E-state index in [-0.39, 0.29) is 5.56 Å². The zero-order chi connectivity index (χ0) is 16.7. The molecule has 0 bridgehead atoms. The Morgan fingerprint density at radius 2 is 1.21 bits per heavy atom. The first-order valence-corrected chi connectivity index (χ1v) is 7.54. The number of aromatic carboxylic acids is 1. The molecule has 4 rings (SSSR count). The lowest BCUT2D eigenvalue weighted by Crippen LogP contribution is -2.34. The molecule has 1 aliphatic rings. The van der Waals surface area contributed by atoms with E-state index in [1.54, 1.807) is 54.6 Å². The molecule has 0 spiro atoms. The Balaban J connectivity index is 2.09. The summed E-state index contributed by atoms with van der Waals surface area (Å²) in [6.45, 7) is 0. The molecule has 0 unspecified atom stereocenters. The van der Waals surface area contributed by atoms with Gasteiger partial charge in [-0.15, -0.1) is 0 Å². The number of carboxylic acid groups (broad SMARTS) is 1. The number of aliphatic hydroxyl groups is 1. The van der Waals surface area contributed by atoms with E-state index in [2.05, 4.69) is 0 Å². The Bertz CT molecular complexity index is 900. The summed E-state index contributed by atoms with van der Waals surface area (Å²) in [5, 5.41) is 21.3. The van der Waals surface area contributed by atoms with Gasteiger partial charge in [-0.1, -0.05) is 54.6 Å². The fourth-order valence-corrected chi connectivity index (χ4v) is 3.25. The van der Waals surface area contributed by atoms with Gasteiger partial charge in [0.05, 0.1) is 5.56 Å². The molecule has 3 aromatic rings. The summed E-state index contributed by atoms with van der Waals surface area (Å²) in [6, 6.07) is 20.8. The van der Waals surface area contributed by atoms with Gasteiger partial charge in [0.15, 0.2) is 0 Å². The van der Waals surface area contributed by atoms with Crippen LogP contribution in [0.5, 0.6) is 11.5 Å². The van der Waals surface area contributed by atoms with E-state index in [0.717, 1.165) is 0 Å². The van der Waals surface area contributed by atoms with Crippen LogP contribution in [0.25, 0.3) is 0 Å². The van der Waals surface area contributed by atoms with Crippen LogP contribution in [0.4, 0.5) is 0 Å². The number of para-hydroxylation sites is 2. The Hall–Kier alpha value is -3.11. The molecule has 4 nitrogen and oxygen atoms in total. The van der Waals surface area contributed by atoms with Crippen LogP contribution in [-0.4, -0.2) is 16.2 Å². The van der Waals surface area contributed by atoms with Crippen molar-refractivity contribution in [3.8, 4) is 11.5 Å². The van der Waals surface area contributed by atoms with Crippen LogP contribution in [0.3, 0.4) is 0 Å². The van der Waals surface area contributed by atoms with E-state index >= 15 is 0 Å². The van der Waals surface area contributed by atoms with Crippen molar-refractivity contribution in [1.29, 1.82) is 0 Å². The molecule has 118 valence electrons. The van der Waals surface area contributed by atoms with E-state index in [0.29, 0.717) is 28.2 Å². The zero-order valence-electron chi connectivity index (χ0n) is 12.6. The van der Waals surface area contributed by atoms with Gasteiger partial charge in [-0.2, -0.15) is 0 Å². The minimum Gasteiger partial charge on any atom is -0.478 e. The molecule has 1 heterocycles. The predicted octanol–water partition coefficient (Wildman–Crippen LogP) is 3.77. The van der Waals surface area contributed by atoms with Gasteiger partial charge in [-0.3, -0.25) is 0 Å². The fraction of sp³-hybridized carbons (Fsp3) is 0.0500. The molecule has 4 heteroatoms. The van der Waals surface area contributed by atoms with Gasteiger partial charge in [0, 0.05) is 16.7 Å². The molecule has 0 saturated carbocycles. The third kappa shape index (κ3) is 1.94. The molecule has 2 N–H and O–H groups in total. The first kappa shape index (κ1) is 14.5. The highest BCUT2D eigenvalue weighted by molar-refractivity contribution is 5.90. The molecular formula is C20H14O4. The highest BCUT2D eigenvalue weighted by Gasteiger charge is 2.43. The van der Waals surface area contributed by atoms with Crippen molar-refractivity contribution in [1.82, 2.24) is 0 Å². The van der Waals surface area contributed by atoms with Crippen LogP contribution in [0.2, 0.25) is 0 Å². The number of rotatable bonds is 2. The van der Waals surface area contributed by atoms with Crippen molar-refractivity contribution in [2.45, 2.75) is 5.60 Å². The van der Waals surface area contributed by atoms with Crippen LogP contribution in [0, 0.1) is 0 Å². The van der Waals surface area contributed by atoms with Gasteiger partial charge in [-0.05, 0) is 18.2 Å². The van der Waals surface area contributed by atoms with E-state index in [1.165, 1.54) is 6.07 Å². The first-order chi connectivity index (χ1) is 11.6. The highest BCUT2D eigenvalue weighted by atomic mass is 16.5. The second-order valence-corrected chi connectivity index (χ2v) is 5.66. The maximum absolute atomic E-state index is 11.7. The van der Waals surface area contributed by atoms with Crippen LogP contribution in [0.15, 0.2) is 72.8 Å². The van der Waals surface area contributed by atoms with Crippen molar-refractivity contribution < 1.29 is 19.7 Å². The summed E-state index contributed by atoms with van der Waals surface area (Å²) in [5.74, 6) is -0.0572. The summed E-state index contributed by atoms with van der Waals surface area (Å²) in [5.41, 5.74) is -0.164. The molecule has 0 fully saturated rings. The second-order valence-electron chi connectivity index (χ2n) is 5.66. The summed E-state index contributed by atoms with van der Waals surface area (Å²) < 4.78 is 5.89. The molecule has 0 aromatic heterocycles. The average Bonchev–Trinajstić information content (AvgIpc) is 2.62. The predicted molar refractivity (Wildman–Crippen MR) is 88.5 cm³/mol. The minimum absolute atomic E-state index is 0.0616. The van der Waals surface area contributed by atoms with Crippen LogP contribution in [0.1, 0.15) is 27.0 Å². The Kier molecular flexibility index (Phi) is 3.15. The Morgan fingerprint density at radius 1 is 0.750 bits per heavy atom. The van der Waals surface area contributed by atoms with E-state index in [1.807, 2.05) is 12.1 Å². The third-order valence-corrected chi connectivity index (χ3v) is 4.32. The molecular weight excluding hydrogens is 304 g/mol. The van der Waals surface area contributed by atoms with E-state index < -0.39 is 11.6 Å². The van der Waals surface area contributed by atoms with Crippen molar-refractivity contribution in [3.63, 3.8) is 0 Å². The van der Waals surface area contributed by atoms with E-state index in [9.17, 15) is 15.0 Å². The van der Waals surface area contributed by atoms with Crippen LogP contribution < -0.4 is 4.74 Å². The molecule has 24 heavy (non-hydrogen) atoms. The average molecular weight is 318 g/mol. The molecule has 0 saturated heterocycles. The SMILES string of the molecule is O=C(O)c1ccccc1C1(O)c2ccccc2Oc2ccccc21. The fourth-order valence-electron chi connectivity index (χ4n) is 3.25. The summed E-state index contributed by atoms with van der Waals surface area (Å²) in [4.78, 5) is 11.7. The van der Waals surface area contributed by atoms with Crippen LogP contribution >= 0.6 is 0 Å². The number of carbonyl (C=O) groups is 1. The number of carboxylic acids is 1. The smallest absolute Gasteiger partial charge is 0.336 e. The zero-order valence-corrected chi connectivity index (χ0v) is 12.6. The molecule has 0 radical (unpaired) electrons. The number of fused-ring (bicyclic) bond motifs is 2. The third-order valence-electron chi connectivity index (χ3n) is 4.32. The molecule has 0 amide bonds. The number of hydrogen-bond donors (Lipinski definition) is 2. The van der Waals surface area contributed by atoms with Crippen LogP contribution in [-0.2, 0) is 5.60 Å². The highest BCUT2D eigenvalue weighted by Crippen LogP contribution is 2.50. The summed E-state index contributed by atoms with van der Waals surface area (Å²) in [7, 11) is 0. The van der Waals surface area contributed by atoms with Crippen molar-refractivity contribution in [2.75, 3.05) is 0 Å². The van der Waals surface area contributed by atoms with Crippen molar-refractivity contribution in [2.24, 2.45) is 0 Å². The monoisotopic (exact) mass is 318 g/mol. The lowest BCUT2D eigenvalue weighted by atomic mass is 9.76. The maximum Gasteiger partial charge on any atom is 0.336 e. The van der Waals surface area contributed by atoms with E-state index in [4.69, 9.17) is 4.74 Å². The number of ether oxygens (including phenoxy) is 1. The lowest BCUT2D eigenvalue weighted by molar-refractivity contribution is 0.0676. The van der Waals surface area contributed by atoms with Gasteiger partial charge in [0.2, 0.25) is 0 Å². The molecule has 0 atom stereocenters. The standard InChI is InChI=1S/C20H14O4/c21-19(22)13-7-1-2-8-14(13)20(23)15-9-3-5-11-17(15)24-18-12-6-4-10-16(18)20/h1-12,23H,(H,21,22). The summed E-state index contributed by atoms with van der Waals surface area (Å²) >= 11 is 0. The minimum atomic E-state index is -1.60. The Labute approximate surface area is 138 Å². The summed E-state index contributed by atoms with van der Waals surface area (Å²) in [6.07, 6.45) is 0. The topological polar surface area (TPSA) is 66.8 Å². The number of benzene rings is 3. The molecule has 1 aliphatic heterocycles. The van der Waals surface area contributed by atoms with Crippen molar-refractivity contribution in [3.05, 3.63) is 95.1 Å². The van der Waals surface area contributed by atoms with Crippen molar-refractivity contribution >= 4 is 5.97 Å². The quantitative estimate of drug-likeness (QED) is 0.755. The number of hydrogen-bond acceptors (Lipinski definition) is 3. The second kappa shape index (κ2) is 5.22. The molecule has 0 aliphatic carbocycles. The lowest BCUT2D eigenvalue weighted by Gasteiger charge is -2.37. The normalized spacial score (nSPS) is 14.2. The van der Waals surface area contributed by atoms with Gasteiger partial charge < -0.3 is 14.9 Å².